The minimum Gasteiger partial charge on any atom is -0.466 e. The highest BCUT2D eigenvalue weighted by atomic mass is 79.9. The van der Waals surface area contributed by atoms with Crippen molar-refractivity contribution in [3.8, 4) is 0 Å². The molecule has 2 rings (SSSR count). The molecule has 144 valence electrons. The number of rotatable bonds is 4. The normalized spacial score (nSPS) is 16.9. The molecule has 0 spiro atoms. The summed E-state index contributed by atoms with van der Waals surface area (Å²) < 4.78 is 11.8. The highest BCUT2D eigenvalue weighted by molar-refractivity contribution is 9.10. The topological polar surface area (TPSA) is 55.8 Å². The molecule has 1 aromatic carbocycles. The van der Waals surface area contributed by atoms with E-state index in [4.69, 9.17) is 9.47 Å². The highest BCUT2D eigenvalue weighted by Crippen LogP contribution is 2.37. The highest BCUT2D eigenvalue weighted by Gasteiger charge is 2.44. The fourth-order valence-electron chi connectivity index (χ4n) is 3.22. The summed E-state index contributed by atoms with van der Waals surface area (Å²) in [5.41, 5.74) is -0.0450. The van der Waals surface area contributed by atoms with Gasteiger partial charge in [0.05, 0.1) is 12.0 Å². The van der Waals surface area contributed by atoms with Crippen molar-refractivity contribution in [3.63, 3.8) is 0 Å². The molecule has 1 saturated heterocycles. The van der Waals surface area contributed by atoms with Gasteiger partial charge in [-0.2, -0.15) is 0 Å². The Morgan fingerprint density at radius 1 is 1.23 bits per heavy atom. The fourth-order valence-corrected chi connectivity index (χ4v) is 3.67. The number of halogens is 1. The Morgan fingerprint density at radius 3 is 2.42 bits per heavy atom. The molecule has 26 heavy (non-hydrogen) atoms. The number of hydrogen-bond acceptors (Lipinski definition) is 4. The van der Waals surface area contributed by atoms with Crippen LogP contribution in [-0.2, 0) is 20.7 Å². The summed E-state index contributed by atoms with van der Waals surface area (Å²) in [7, 11) is 0. The smallest absolute Gasteiger partial charge is 0.410 e. The van der Waals surface area contributed by atoms with Crippen LogP contribution in [0.25, 0.3) is 0 Å². The van der Waals surface area contributed by atoms with Crippen LogP contribution in [0.1, 0.15) is 46.1 Å². The minimum atomic E-state index is -0.602. The second-order valence-electron chi connectivity index (χ2n) is 7.77. The van der Waals surface area contributed by atoms with Gasteiger partial charge in [0.15, 0.2) is 0 Å². The van der Waals surface area contributed by atoms with E-state index in [0.29, 0.717) is 39.0 Å². The Kier molecular flexibility index (Phi) is 6.72. The van der Waals surface area contributed by atoms with E-state index in [0.717, 1.165) is 10.0 Å². The molecule has 0 aliphatic carbocycles. The van der Waals surface area contributed by atoms with Crippen LogP contribution in [0.2, 0.25) is 0 Å². The maximum Gasteiger partial charge on any atom is 0.410 e. The molecule has 1 amide bonds. The third kappa shape index (κ3) is 5.47. The van der Waals surface area contributed by atoms with Gasteiger partial charge in [0.2, 0.25) is 0 Å². The summed E-state index contributed by atoms with van der Waals surface area (Å²) in [6, 6.07) is 7.98. The van der Waals surface area contributed by atoms with Crippen molar-refractivity contribution in [2.45, 2.75) is 52.6 Å². The number of nitrogens with zero attached hydrogens (tertiary/aromatic N) is 1. The summed E-state index contributed by atoms with van der Waals surface area (Å²) >= 11 is 3.48. The van der Waals surface area contributed by atoms with E-state index >= 15 is 0 Å². The molecule has 5 nitrogen and oxygen atoms in total. The van der Waals surface area contributed by atoms with Crippen molar-refractivity contribution in [2.75, 3.05) is 19.7 Å². The molecule has 0 N–H and O–H groups in total. The lowest BCUT2D eigenvalue weighted by molar-refractivity contribution is -0.158. The number of likely N-dealkylation sites (tertiary alicyclic amines) is 1. The van der Waals surface area contributed by atoms with Crippen molar-refractivity contribution in [2.24, 2.45) is 5.41 Å². The van der Waals surface area contributed by atoms with Crippen LogP contribution in [-0.4, -0.2) is 42.3 Å². The zero-order valence-electron chi connectivity index (χ0n) is 16.0. The van der Waals surface area contributed by atoms with Gasteiger partial charge in [0, 0.05) is 17.6 Å². The Labute approximate surface area is 164 Å². The Balaban J connectivity index is 2.13. The van der Waals surface area contributed by atoms with Crippen molar-refractivity contribution in [1.29, 1.82) is 0 Å². The van der Waals surface area contributed by atoms with E-state index in [2.05, 4.69) is 15.9 Å². The second-order valence-corrected chi connectivity index (χ2v) is 8.69. The first-order valence-corrected chi connectivity index (χ1v) is 9.84. The largest absolute Gasteiger partial charge is 0.466 e. The van der Waals surface area contributed by atoms with Gasteiger partial charge >= 0.3 is 12.1 Å². The molecule has 1 fully saturated rings. The number of carbonyl (C=O) groups is 2. The Morgan fingerprint density at radius 2 is 1.88 bits per heavy atom. The summed E-state index contributed by atoms with van der Waals surface area (Å²) in [6.07, 6.45) is 1.42. The molecule has 0 radical (unpaired) electrons. The number of piperidine rings is 1. The van der Waals surface area contributed by atoms with Gasteiger partial charge < -0.3 is 14.4 Å². The van der Waals surface area contributed by atoms with Crippen LogP contribution >= 0.6 is 15.9 Å². The van der Waals surface area contributed by atoms with E-state index in [1.807, 2.05) is 52.0 Å². The lowest BCUT2D eigenvalue weighted by atomic mass is 9.74. The molecular formula is C20H28BrNO4. The standard InChI is InChI=1S/C20H28BrNO4/c1-5-25-17(23)20(14-15-7-6-8-16(21)13-15)9-11-22(12-10-20)18(24)26-19(2,3)4/h6-8,13H,5,9-12,14H2,1-4H3. The van der Waals surface area contributed by atoms with Crippen LogP contribution in [0.15, 0.2) is 28.7 Å². The predicted octanol–water partition coefficient (Wildman–Crippen LogP) is 4.57. The third-order valence-corrected chi connectivity index (χ3v) is 5.01. The van der Waals surface area contributed by atoms with E-state index in [-0.39, 0.29) is 12.1 Å². The number of carbonyl (C=O) groups excluding carboxylic acids is 2. The van der Waals surface area contributed by atoms with Crippen LogP contribution in [0.4, 0.5) is 4.79 Å². The summed E-state index contributed by atoms with van der Waals surface area (Å²) in [5.74, 6) is -0.177. The molecule has 0 bridgehead atoms. The molecule has 1 aliphatic heterocycles. The number of hydrogen-bond donors (Lipinski definition) is 0. The Hall–Kier alpha value is -1.56. The van der Waals surface area contributed by atoms with E-state index < -0.39 is 11.0 Å². The van der Waals surface area contributed by atoms with Crippen LogP contribution < -0.4 is 0 Å². The average Bonchev–Trinajstić information content (AvgIpc) is 2.54. The molecule has 1 aromatic rings. The van der Waals surface area contributed by atoms with Crippen LogP contribution in [0.5, 0.6) is 0 Å². The zero-order chi connectivity index (χ0) is 19.4. The summed E-state index contributed by atoms with van der Waals surface area (Å²) in [5, 5.41) is 0. The predicted molar refractivity (Wildman–Crippen MR) is 104 cm³/mol. The van der Waals surface area contributed by atoms with Crippen molar-refractivity contribution in [3.05, 3.63) is 34.3 Å². The van der Waals surface area contributed by atoms with E-state index in [9.17, 15) is 9.59 Å². The van der Waals surface area contributed by atoms with Gasteiger partial charge in [-0.05, 0) is 64.7 Å². The molecule has 0 unspecified atom stereocenters. The Bertz CT molecular complexity index is 645. The quantitative estimate of drug-likeness (QED) is 0.662. The van der Waals surface area contributed by atoms with Crippen molar-refractivity contribution < 1.29 is 19.1 Å². The zero-order valence-corrected chi connectivity index (χ0v) is 17.6. The number of esters is 1. The lowest BCUT2D eigenvalue weighted by Gasteiger charge is -2.40. The number of ether oxygens (including phenoxy) is 2. The first-order chi connectivity index (χ1) is 12.1. The molecule has 1 aliphatic rings. The first-order valence-electron chi connectivity index (χ1n) is 9.05. The molecule has 6 heteroatoms. The van der Waals surface area contributed by atoms with Gasteiger partial charge in [-0.15, -0.1) is 0 Å². The fraction of sp³-hybridized carbons (Fsp3) is 0.600. The van der Waals surface area contributed by atoms with Gasteiger partial charge in [-0.3, -0.25) is 4.79 Å². The lowest BCUT2D eigenvalue weighted by Crippen LogP contribution is -2.49. The van der Waals surface area contributed by atoms with Crippen LogP contribution in [0.3, 0.4) is 0 Å². The monoisotopic (exact) mass is 425 g/mol. The van der Waals surface area contributed by atoms with Gasteiger partial charge in [0.1, 0.15) is 5.60 Å². The van der Waals surface area contributed by atoms with Crippen molar-refractivity contribution >= 4 is 28.0 Å². The van der Waals surface area contributed by atoms with E-state index in [1.165, 1.54) is 0 Å². The van der Waals surface area contributed by atoms with Crippen molar-refractivity contribution in [1.82, 2.24) is 4.90 Å². The number of amides is 1. The SMILES string of the molecule is CCOC(=O)C1(Cc2cccc(Br)c2)CCN(C(=O)OC(C)(C)C)CC1. The molecule has 0 saturated carbocycles. The van der Waals surface area contributed by atoms with Crippen LogP contribution in [0, 0.1) is 5.41 Å². The summed E-state index contributed by atoms with van der Waals surface area (Å²) in [6.45, 7) is 8.71. The number of benzene rings is 1. The molecule has 1 heterocycles. The maximum absolute atomic E-state index is 12.7. The minimum absolute atomic E-state index is 0.177. The maximum atomic E-state index is 12.7. The van der Waals surface area contributed by atoms with Gasteiger partial charge in [0.25, 0.3) is 0 Å². The van der Waals surface area contributed by atoms with Gasteiger partial charge in [-0.25, -0.2) is 4.79 Å². The van der Waals surface area contributed by atoms with Gasteiger partial charge in [-0.1, -0.05) is 28.1 Å². The molecule has 0 aromatic heterocycles. The molecular weight excluding hydrogens is 398 g/mol. The second kappa shape index (κ2) is 8.42. The first kappa shape index (κ1) is 20.7. The average molecular weight is 426 g/mol. The third-order valence-electron chi connectivity index (χ3n) is 4.51. The summed E-state index contributed by atoms with van der Waals surface area (Å²) in [4.78, 5) is 26.7. The van der Waals surface area contributed by atoms with E-state index in [1.54, 1.807) is 4.90 Å². The molecule has 0 atom stereocenters.